The highest BCUT2D eigenvalue weighted by Crippen LogP contribution is 2.22. The Morgan fingerprint density at radius 1 is 1.39 bits per heavy atom. The Balaban J connectivity index is 2.25. The lowest BCUT2D eigenvalue weighted by Gasteiger charge is -2.11. The third-order valence-corrected chi connectivity index (χ3v) is 3.75. The van der Waals surface area contributed by atoms with Crippen LogP contribution in [0.25, 0.3) is 0 Å². The number of non-ortho nitro benzene ring substituents is 1. The fourth-order valence-corrected chi connectivity index (χ4v) is 2.57. The predicted molar refractivity (Wildman–Crippen MR) is 76.2 cm³/mol. The molecule has 100 valence electrons. The molecule has 0 radical (unpaired) electrons. The van der Waals surface area contributed by atoms with E-state index in [1.165, 1.54) is 0 Å². The molecule has 0 saturated carbocycles. The van der Waals surface area contributed by atoms with Crippen LogP contribution in [0, 0.1) is 10.1 Å². The number of nitrogens with one attached hydrogen (secondary N) is 1. The van der Waals surface area contributed by atoms with E-state index in [1.54, 1.807) is 23.9 Å². The maximum absolute atomic E-state index is 10.5. The van der Waals surface area contributed by atoms with Gasteiger partial charge in [-0.25, -0.2) is 0 Å². The maximum Gasteiger partial charge on any atom is 0.269 e. The average Bonchev–Trinajstić information content (AvgIpc) is 2.35. The van der Waals surface area contributed by atoms with Gasteiger partial charge in [0.25, 0.3) is 5.69 Å². The number of benzene rings is 1. The standard InChI is InChI=1S/C13H20N2O2S/c1-3-14-11(2)5-4-10-18-13-8-6-12(7-9-13)15(16)17/h6-9,11,14H,3-5,10H2,1-2H3. The molecule has 0 spiro atoms. The zero-order chi connectivity index (χ0) is 13.4. The molecule has 0 heterocycles. The van der Waals surface area contributed by atoms with Crippen molar-refractivity contribution in [2.45, 2.75) is 37.6 Å². The van der Waals surface area contributed by atoms with E-state index in [0.29, 0.717) is 6.04 Å². The topological polar surface area (TPSA) is 55.2 Å². The van der Waals surface area contributed by atoms with E-state index in [9.17, 15) is 10.1 Å². The summed E-state index contributed by atoms with van der Waals surface area (Å²) in [6, 6.07) is 7.31. The molecule has 0 fully saturated rings. The van der Waals surface area contributed by atoms with Gasteiger partial charge in [0.05, 0.1) is 4.92 Å². The number of thioether (sulfide) groups is 1. The van der Waals surface area contributed by atoms with E-state index in [4.69, 9.17) is 0 Å². The van der Waals surface area contributed by atoms with Crippen molar-refractivity contribution >= 4 is 17.4 Å². The number of nitro benzene ring substituents is 1. The largest absolute Gasteiger partial charge is 0.315 e. The van der Waals surface area contributed by atoms with Crippen LogP contribution < -0.4 is 5.32 Å². The lowest BCUT2D eigenvalue weighted by Crippen LogP contribution is -2.25. The van der Waals surface area contributed by atoms with E-state index in [-0.39, 0.29) is 10.6 Å². The first kappa shape index (κ1) is 15.0. The van der Waals surface area contributed by atoms with Crippen LogP contribution in [-0.4, -0.2) is 23.3 Å². The molecule has 1 aromatic carbocycles. The molecule has 1 atom stereocenters. The van der Waals surface area contributed by atoms with Crippen LogP contribution in [0.15, 0.2) is 29.2 Å². The van der Waals surface area contributed by atoms with E-state index in [1.807, 2.05) is 12.1 Å². The lowest BCUT2D eigenvalue weighted by molar-refractivity contribution is -0.384. The average molecular weight is 268 g/mol. The number of nitro groups is 1. The van der Waals surface area contributed by atoms with Crippen LogP contribution >= 0.6 is 11.8 Å². The van der Waals surface area contributed by atoms with Crippen LogP contribution in [0.4, 0.5) is 5.69 Å². The van der Waals surface area contributed by atoms with Gasteiger partial charge in [-0.2, -0.15) is 0 Å². The minimum atomic E-state index is -0.369. The molecule has 0 aromatic heterocycles. The van der Waals surface area contributed by atoms with Gasteiger partial charge >= 0.3 is 0 Å². The third-order valence-electron chi connectivity index (χ3n) is 2.65. The molecular weight excluding hydrogens is 248 g/mol. The fraction of sp³-hybridized carbons (Fsp3) is 0.538. The summed E-state index contributed by atoms with van der Waals surface area (Å²) in [7, 11) is 0. The predicted octanol–water partition coefficient (Wildman–Crippen LogP) is 3.47. The van der Waals surface area contributed by atoms with E-state index >= 15 is 0 Å². The van der Waals surface area contributed by atoms with E-state index < -0.39 is 0 Å². The summed E-state index contributed by atoms with van der Waals surface area (Å²) in [6.07, 6.45) is 2.31. The maximum atomic E-state index is 10.5. The van der Waals surface area contributed by atoms with Crippen molar-refractivity contribution in [2.75, 3.05) is 12.3 Å². The molecule has 18 heavy (non-hydrogen) atoms. The summed E-state index contributed by atoms with van der Waals surface area (Å²) < 4.78 is 0. The van der Waals surface area contributed by atoms with Gasteiger partial charge in [0, 0.05) is 23.1 Å². The minimum absolute atomic E-state index is 0.153. The first-order valence-electron chi connectivity index (χ1n) is 6.24. The second-order valence-corrected chi connectivity index (χ2v) is 5.37. The molecule has 1 unspecified atom stereocenters. The summed E-state index contributed by atoms with van der Waals surface area (Å²) >= 11 is 1.75. The molecule has 0 amide bonds. The van der Waals surface area contributed by atoms with Crippen molar-refractivity contribution in [3.8, 4) is 0 Å². The van der Waals surface area contributed by atoms with Crippen molar-refractivity contribution in [3.05, 3.63) is 34.4 Å². The Morgan fingerprint density at radius 3 is 2.61 bits per heavy atom. The first-order chi connectivity index (χ1) is 8.63. The van der Waals surface area contributed by atoms with Crippen molar-refractivity contribution < 1.29 is 4.92 Å². The highest BCUT2D eigenvalue weighted by molar-refractivity contribution is 7.99. The van der Waals surface area contributed by atoms with Gasteiger partial charge in [-0.05, 0) is 44.2 Å². The fourth-order valence-electron chi connectivity index (χ4n) is 1.69. The molecule has 0 aliphatic carbocycles. The van der Waals surface area contributed by atoms with Gasteiger partial charge < -0.3 is 5.32 Å². The zero-order valence-corrected chi connectivity index (χ0v) is 11.7. The second-order valence-electron chi connectivity index (χ2n) is 4.20. The van der Waals surface area contributed by atoms with Crippen LogP contribution in [0.3, 0.4) is 0 Å². The van der Waals surface area contributed by atoms with Crippen molar-refractivity contribution in [2.24, 2.45) is 0 Å². The van der Waals surface area contributed by atoms with Gasteiger partial charge in [0.1, 0.15) is 0 Å². The molecule has 0 aliphatic heterocycles. The van der Waals surface area contributed by atoms with Crippen LogP contribution in [0.1, 0.15) is 26.7 Å². The van der Waals surface area contributed by atoms with Gasteiger partial charge in [0.15, 0.2) is 0 Å². The quantitative estimate of drug-likeness (QED) is 0.339. The summed E-state index contributed by atoms with van der Waals surface area (Å²) in [4.78, 5) is 11.2. The summed E-state index contributed by atoms with van der Waals surface area (Å²) in [5.74, 6) is 1.05. The molecule has 1 N–H and O–H groups in total. The molecule has 1 aromatic rings. The SMILES string of the molecule is CCNC(C)CCCSc1ccc([N+](=O)[O-])cc1. The molecule has 1 rings (SSSR count). The molecule has 4 nitrogen and oxygen atoms in total. The van der Waals surface area contributed by atoms with E-state index in [2.05, 4.69) is 19.2 Å². The second kappa shape index (κ2) is 8.11. The Hall–Kier alpha value is -1.07. The number of nitrogens with zero attached hydrogens (tertiary/aromatic N) is 1. The summed E-state index contributed by atoms with van der Waals surface area (Å²) in [5, 5.41) is 13.9. The van der Waals surface area contributed by atoms with Gasteiger partial charge in [-0.3, -0.25) is 10.1 Å². The molecule has 5 heteroatoms. The van der Waals surface area contributed by atoms with E-state index in [0.717, 1.165) is 30.0 Å². The third kappa shape index (κ3) is 5.51. The molecule has 0 aliphatic rings. The van der Waals surface area contributed by atoms with Gasteiger partial charge in [-0.15, -0.1) is 11.8 Å². The Bertz CT molecular complexity index is 368. The monoisotopic (exact) mass is 268 g/mol. The summed E-state index contributed by atoms with van der Waals surface area (Å²) in [6.45, 7) is 5.32. The van der Waals surface area contributed by atoms with Crippen LogP contribution in [-0.2, 0) is 0 Å². The number of rotatable bonds is 8. The zero-order valence-electron chi connectivity index (χ0n) is 10.9. The Morgan fingerprint density at radius 2 is 2.06 bits per heavy atom. The molecular formula is C13H20N2O2S. The Labute approximate surface area is 112 Å². The normalized spacial score (nSPS) is 12.3. The Kier molecular flexibility index (Phi) is 6.75. The van der Waals surface area contributed by atoms with Crippen molar-refractivity contribution in [3.63, 3.8) is 0 Å². The lowest BCUT2D eigenvalue weighted by atomic mass is 10.2. The smallest absolute Gasteiger partial charge is 0.269 e. The van der Waals surface area contributed by atoms with Crippen LogP contribution in [0.2, 0.25) is 0 Å². The highest BCUT2D eigenvalue weighted by atomic mass is 32.2. The number of hydrogen-bond donors (Lipinski definition) is 1. The van der Waals surface area contributed by atoms with Crippen molar-refractivity contribution in [1.82, 2.24) is 5.32 Å². The minimum Gasteiger partial charge on any atom is -0.315 e. The highest BCUT2D eigenvalue weighted by Gasteiger charge is 2.04. The summed E-state index contributed by atoms with van der Waals surface area (Å²) in [5.41, 5.74) is 0.153. The van der Waals surface area contributed by atoms with Crippen LogP contribution in [0.5, 0.6) is 0 Å². The van der Waals surface area contributed by atoms with Gasteiger partial charge in [0.2, 0.25) is 0 Å². The van der Waals surface area contributed by atoms with Gasteiger partial charge in [-0.1, -0.05) is 6.92 Å². The molecule has 0 bridgehead atoms. The first-order valence-corrected chi connectivity index (χ1v) is 7.22. The molecule has 0 saturated heterocycles. The van der Waals surface area contributed by atoms with Crippen molar-refractivity contribution in [1.29, 1.82) is 0 Å². The number of hydrogen-bond acceptors (Lipinski definition) is 4.